The Morgan fingerprint density at radius 3 is 1.22 bits per heavy atom. The number of aromatic nitrogens is 6. The molecule has 0 aliphatic carbocycles. The van der Waals surface area contributed by atoms with E-state index < -0.39 is 0 Å². The molecule has 0 N–H and O–H groups in total. The van der Waals surface area contributed by atoms with Crippen molar-refractivity contribution >= 4 is 57.7 Å². The zero-order valence-electron chi connectivity index (χ0n) is 68.9. The quantitative estimate of drug-likeness (QED) is 0.159. The molecule has 110 heavy (non-hydrogen) atoms. The summed E-state index contributed by atoms with van der Waals surface area (Å²) in [6, 6.07) is 70.2. The summed E-state index contributed by atoms with van der Waals surface area (Å²) >= 11 is 0. The van der Waals surface area contributed by atoms with Crippen LogP contribution in [0.5, 0.6) is 0 Å². The zero-order valence-corrected chi connectivity index (χ0v) is 68.9. The summed E-state index contributed by atoms with van der Waals surface area (Å²) in [5, 5.41) is 0. The predicted octanol–water partition coefficient (Wildman–Crippen LogP) is 16.9. The van der Waals surface area contributed by atoms with E-state index in [1.807, 2.05) is 0 Å². The van der Waals surface area contributed by atoms with Crippen LogP contribution in [0.2, 0.25) is 0 Å². The number of anilines is 10. The van der Waals surface area contributed by atoms with Gasteiger partial charge >= 0.3 is 0 Å². The molecule has 3 fully saturated rings. The van der Waals surface area contributed by atoms with E-state index in [2.05, 4.69) is 437 Å². The average molecular weight is 1480 g/mol. The lowest BCUT2D eigenvalue weighted by atomic mass is 10.0. The Balaban J connectivity index is 0.000000117. The molecule has 8 atom stereocenters. The summed E-state index contributed by atoms with van der Waals surface area (Å²) in [5.41, 5.74) is 13.5. The van der Waals surface area contributed by atoms with Crippen molar-refractivity contribution in [2.45, 2.75) is 136 Å². The third-order valence-corrected chi connectivity index (χ3v) is 24.8. The predicted molar refractivity (Wildman–Crippen MR) is 463 cm³/mol. The summed E-state index contributed by atoms with van der Waals surface area (Å²) in [7, 11) is 23.7. The average Bonchev–Trinajstić information content (AvgIpc) is 1.61. The first kappa shape index (κ1) is 78.2. The number of benzene rings is 5. The Labute approximate surface area is 657 Å². The molecule has 3 saturated heterocycles. The van der Waals surface area contributed by atoms with Crippen LogP contribution in [0.15, 0.2) is 231 Å². The second kappa shape index (κ2) is 34.9. The molecule has 7 aliphatic heterocycles. The smallest absolute Gasteiger partial charge is 0.114 e. The molecule has 582 valence electrons. The molecule has 8 unspecified atom stereocenters. The number of fused-ring (bicyclic) bond motifs is 8. The lowest BCUT2D eigenvalue weighted by Gasteiger charge is -2.36. The number of rotatable bonds is 6. The van der Waals surface area contributed by atoms with Crippen molar-refractivity contribution in [2.24, 2.45) is 42.3 Å². The third kappa shape index (κ3) is 16.6. The number of nitrogens with zero attached hydrogens (tertiary/aromatic N) is 18. The molecule has 0 spiro atoms. The van der Waals surface area contributed by atoms with E-state index in [4.69, 9.17) is 0 Å². The highest BCUT2D eigenvalue weighted by Gasteiger charge is 2.40. The minimum absolute atomic E-state index is 0.216. The summed E-state index contributed by atoms with van der Waals surface area (Å²) in [5.74, 6) is 7.70. The van der Waals surface area contributed by atoms with E-state index in [1.165, 1.54) is 143 Å². The number of aryl methyl sites for hydroxylation is 6. The molecule has 0 radical (unpaired) electrons. The first-order valence-electron chi connectivity index (χ1n) is 40.2. The topological polar surface area (TPSA) is 68.5 Å². The van der Waals surface area contributed by atoms with Gasteiger partial charge in [-0.3, -0.25) is 19.6 Å². The summed E-state index contributed by atoms with van der Waals surface area (Å²) in [6.45, 7) is 22.7. The Kier molecular flexibility index (Phi) is 24.8. The van der Waals surface area contributed by atoms with Gasteiger partial charge in [0.1, 0.15) is 41.1 Å². The molecule has 18 heteroatoms. The highest BCUT2D eigenvalue weighted by molar-refractivity contribution is 5.91. The molecule has 18 rings (SSSR count). The molecule has 6 aromatic heterocycles. The van der Waals surface area contributed by atoms with Gasteiger partial charge in [0, 0.05) is 174 Å². The van der Waals surface area contributed by atoms with E-state index in [9.17, 15) is 0 Å². The van der Waals surface area contributed by atoms with Crippen molar-refractivity contribution in [1.29, 1.82) is 0 Å². The maximum absolute atomic E-state index is 2.60. The fourth-order valence-electron chi connectivity index (χ4n) is 17.6. The molecule has 11 aromatic rings. The number of likely N-dealkylation sites (N-methyl/N-ethyl adjacent to an activating group) is 1. The van der Waals surface area contributed by atoms with Crippen molar-refractivity contribution in [3.05, 3.63) is 254 Å². The largest absolute Gasteiger partial charge is 0.354 e. The van der Waals surface area contributed by atoms with Crippen LogP contribution >= 0.6 is 0 Å². The van der Waals surface area contributed by atoms with Gasteiger partial charge in [-0.1, -0.05) is 97.1 Å². The zero-order chi connectivity index (χ0) is 77.4. The molecule has 7 aliphatic rings. The van der Waals surface area contributed by atoms with Crippen LogP contribution < -0.4 is 39.2 Å². The van der Waals surface area contributed by atoms with Crippen molar-refractivity contribution < 1.29 is 0 Å². The molecule has 5 aromatic carbocycles. The maximum atomic E-state index is 2.60. The molecular formula is C92H124N18. The van der Waals surface area contributed by atoms with E-state index >= 15 is 0 Å². The van der Waals surface area contributed by atoms with Gasteiger partial charge < -0.3 is 66.6 Å². The van der Waals surface area contributed by atoms with Crippen LogP contribution in [0, 0.1) is 0 Å². The molecule has 13 heterocycles. The second-order valence-corrected chi connectivity index (χ2v) is 31.5. The Morgan fingerprint density at radius 2 is 0.673 bits per heavy atom. The Morgan fingerprint density at radius 1 is 0.273 bits per heavy atom. The minimum Gasteiger partial charge on any atom is -0.354 e. The summed E-state index contributed by atoms with van der Waals surface area (Å²) in [6.07, 6.45) is 22.6. The van der Waals surface area contributed by atoms with Gasteiger partial charge in [0.2, 0.25) is 0 Å². The fraction of sp³-hybridized carbons (Fsp3) is 0.413. The first-order valence-corrected chi connectivity index (χ1v) is 40.2. The fourth-order valence-corrected chi connectivity index (χ4v) is 17.6. The van der Waals surface area contributed by atoms with Crippen molar-refractivity contribution in [2.75, 3.05) is 114 Å². The minimum atomic E-state index is 0.216. The van der Waals surface area contributed by atoms with E-state index in [0.29, 0.717) is 30.8 Å². The van der Waals surface area contributed by atoms with E-state index in [-0.39, 0.29) is 6.17 Å². The third-order valence-electron chi connectivity index (χ3n) is 24.8. The Bertz CT molecular complexity index is 4740. The van der Waals surface area contributed by atoms with Crippen LogP contribution in [0.3, 0.4) is 0 Å². The SMILES string of the molecule is CC1N(C)CCCCN1c1cccn1C.CC1N(C)CCc2ccccc2N1c1cccn1C.CC1N(C)Cc2ccccc2CN1c1cccn1C.CC1N(C)c2ccccc2-c2ccccc2N1c1cccn1C.CC1N(C)c2ccccc2CCN1c1cccn1C.CC1N2CCCC(C2)N1c1cccn1C. The molecule has 0 amide bonds. The first-order chi connectivity index (χ1) is 53.2. The van der Waals surface area contributed by atoms with Crippen molar-refractivity contribution in [1.82, 2.24) is 47.0 Å². The lowest BCUT2D eigenvalue weighted by Crippen LogP contribution is -2.45. The molecular weight excluding hydrogens is 1360 g/mol. The van der Waals surface area contributed by atoms with Gasteiger partial charge in [0.25, 0.3) is 0 Å². The maximum Gasteiger partial charge on any atom is 0.114 e. The standard InChI is InChI=1S/C20H21N3.3C16H21N3.C12H19N3.C12H21N3/c1-15-22(3)18-11-6-4-9-16(18)17-10-5-7-12-19(17)23(15)20-13-8-14-21(20)2;1-13-17(2)12-10-14-7-4-5-8-15(14)19(13)16-9-6-11-18(16)3;1-13-18(3)15-8-5-4-7-14(15)10-12-19(13)16-9-6-11-17(16)2;1-13-18(3)11-14-7-4-5-8-15(14)12-19(13)16-9-6-10-17(16)2;1-10-14-8-3-5-11(9-14)15(10)12-6-4-7-13(12)2;1-11-13(2)8-4-5-10-15(11)12-7-6-9-14(12)3/h4-15H,1-3H3;2*4-9,11,13H,10,12H2,1-3H3;4-10,13H,11-12H2,1-3H3;4,6-7,10-11H,3,5,8-9H2,1-2H3;6-7,9,11H,4-5,8,10H2,1-3H3. The van der Waals surface area contributed by atoms with Gasteiger partial charge in [0.15, 0.2) is 0 Å². The van der Waals surface area contributed by atoms with Crippen LogP contribution in [0.4, 0.5) is 57.7 Å². The van der Waals surface area contributed by atoms with Gasteiger partial charge in [-0.2, -0.15) is 0 Å². The van der Waals surface area contributed by atoms with Crippen LogP contribution in [0.1, 0.15) is 89.5 Å². The second-order valence-electron chi connectivity index (χ2n) is 31.5. The summed E-state index contributed by atoms with van der Waals surface area (Å²) < 4.78 is 13.2. The van der Waals surface area contributed by atoms with Gasteiger partial charge in [0.05, 0.1) is 36.5 Å². The van der Waals surface area contributed by atoms with E-state index in [1.54, 1.807) is 0 Å². The normalized spacial score (nSPS) is 21.8. The van der Waals surface area contributed by atoms with Gasteiger partial charge in [-0.25, -0.2) is 0 Å². The molecule has 2 bridgehead atoms. The van der Waals surface area contributed by atoms with Crippen LogP contribution in [-0.4, -0.2) is 165 Å². The number of hydrogen-bond acceptors (Lipinski definition) is 12. The highest BCUT2D eigenvalue weighted by atomic mass is 15.5. The number of piperidine rings is 1. The van der Waals surface area contributed by atoms with E-state index in [0.717, 1.165) is 45.1 Å². The number of hydrogen-bond donors (Lipinski definition) is 0. The van der Waals surface area contributed by atoms with Crippen molar-refractivity contribution in [3.8, 4) is 11.1 Å². The van der Waals surface area contributed by atoms with Crippen molar-refractivity contribution in [3.63, 3.8) is 0 Å². The van der Waals surface area contributed by atoms with Gasteiger partial charge in [-0.05, 0) is 227 Å². The molecule has 18 nitrogen and oxygen atoms in total. The van der Waals surface area contributed by atoms with Crippen LogP contribution in [0.25, 0.3) is 11.1 Å². The molecule has 0 saturated carbocycles. The van der Waals surface area contributed by atoms with Gasteiger partial charge in [-0.15, -0.1) is 0 Å². The monoisotopic (exact) mass is 1480 g/mol. The number of para-hydroxylation sites is 4. The van der Waals surface area contributed by atoms with Crippen LogP contribution in [-0.2, 0) is 68.2 Å². The Hall–Kier alpha value is -9.98. The summed E-state index contributed by atoms with van der Waals surface area (Å²) in [4.78, 5) is 29.4. The lowest BCUT2D eigenvalue weighted by molar-refractivity contribution is 0.244. The highest BCUT2D eigenvalue weighted by Crippen LogP contribution is 2.45.